The normalized spacial score (nSPS) is 10.7. The minimum atomic E-state index is -0.208. The van der Waals surface area contributed by atoms with E-state index in [-0.39, 0.29) is 18.2 Å². The Labute approximate surface area is 186 Å². The summed E-state index contributed by atoms with van der Waals surface area (Å²) in [5.74, 6) is -0.192. The first kappa shape index (κ1) is 20.5. The minimum absolute atomic E-state index is 0.0167. The molecule has 0 aliphatic carbocycles. The molecule has 0 saturated carbocycles. The van der Waals surface area contributed by atoms with Crippen molar-refractivity contribution in [2.45, 2.75) is 19.5 Å². The number of benzene rings is 1. The number of aromatic nitrogens is 1. The van der Waals surface area contributed by atoms with Gasteiger partial charge in [-0.25, -0.2) is 4.98 Å². The summed E-state index contributed by atoms with van der Waals surface area (Å²) in [5, 5.41) is 9.16. The highest BCUT2D eigenvalue weighted by Gasteiger charge is 2.18. The van der Waals surface area contributed by atoms with Crippen LogP contribution in [0.2, 0.25) is 0 Å². The summed E-state index contributed by atoms with van der Waals surface area (Å²) in [4.78, 5) is 33.9. The average molecular weight is 454 g/mol. The molecule has 0 aliphatic heterocycles. The summed E-state index contributed by atoms with van der Waals surface area (Å²) >= 11 is 4.62. The van der Waals surface area contributed by atoms with E-state index in [4.69, 9.17) is 0 Å². The van der Waals surface area contributed by atoms with Crippen molar-refractivity contribution in [1.82, 2.24) is 9.88 Å². The highest BCUT2D eigenvalue weighted by Crippen LogP contribution is 2.21. The van der Waals surface area contributed by atoms with E-state index in [2.05, 4.69) is 10.3 Å². The fraction of sp³-hybridized carbons (Fsp3) is 0.136. The molecule has 4 rings (SSSR count). The smallest absolute Gasteiger partial charge is 0.257 e. The zero-order valence-electron chi connectivity index (χ0n) is 16.0. The Morgan fingerprint density at radius 3 is 2.13 bits per heavy atom. The third kappa shape index (κ3) is 5.41. The minimum Gasteiger partial charge on any atom is -0.332 e. The predicted octanol–water partition coefficient (Wildman–Crippen LogP) is 5.29. The van der Waals surface area contributed by atoms with Crippen molar-refractivity contribution in [3.8, 4) is 0 Å². The van der Waals surface area contributed by atoms with Crippen LogP contribution < -0.4 is 5.32 Å². The number of nitrogens with one attached hydrogen (secondary N) is 1. The number of hydrogen-bond acceptors (Lipinski definition) is 6. The second-order valence-electron chi connectivity index (χ2n) is 6.55. The molecule has 8 heteroatoms. The molecule has 3 heterocycles. The van der Waals surface area contributed by atoms with Gasteiger partial charge in [-0.05, 0) is 35.0 Å². The van der Waals surface area contributed by atoms with Crippen LogP contribution in [0.4, 0.5) is 5.13 Å². The summed E-state index contributed by atoms with van der Waals surface area (Å²) in [7, 11) is 0. The molecule has 3 aromatic heterocycles. The second kappa shape index (κ2) is 9.80. The van der Waals surface area contributed by atoms with Crippen molar-refractivity contribution in [3.63, 3.8) is 0 Å². The maximum Gasteiger partial charge on any atom is 0.257 e. The van der Waals surface area contributed by atoms with Crippen LogP contribution in [0.1, 0.15) is 25.8 Å². The molecule has 0 radical (unpaired) electrons. The van der Waals surface area contributed by atoms with Crippen LogP contribution >= 0.6 is 34.0 Å². The number of carbonyl (C=O) groups excluding carboxylic acids is 2. The van der Waals surface area contributed by atoms with E-state index in [0.29, 0.717) is 29.5 Å². The molecule has 5 nitrogen and oxygen atoms in total. The van der Waals surface area contributed by atoms with Crippen LogP contribution in [0.25, 0.3) is 0 Å². The van der Waals surface area contributed by atoms with Crippen LogP contribution in [0, 0.1) is 0 Å². The molecular weight excluding hydrogens is 434 g/mol. The number of rotatable bonds is 8. The SMILES string of the molecule is O=C(Nc1nc(CC(=O)N(Cc2cccs2)Cc2cccs2)cs1)c1ccccc1. The van der Waals surface area contributed by atoms with Crippen LogP contribution in [0.3, 0.4) is 0 Å². The van der Waals surface area contributed by atoms with Crippen LogP contribution in [-0.4, -0.2) is 21.7 Å². The Morgan fingerprint density at radius 1 is 0.867 bits per heavy atom. The van der Waals surface area contributed by atoms with Crippen molar-refractivity contribution in [3.05, 3.63) is 91.7 Å². The molecule has 0 fully saturated rings. The summed E-state index contributed by atoms with van der Waals surface area (Å²) < 4.78 is 0. The van der Waals surface area contributed by atoms with Gasteiger partial charge in [0.05, 0.1) is 25.2 Å². The standard InChI is InChI=1S/C22H19N3O2S3/c26-20(25(13-18-8-4-10-28-18)14-19-9-5-11-29-19)12-17-15-30-22(23-17)24-21(27)16-6-2-1-3-7-16/h1-11,15H,12-14H2,(H,23,24,27). The van der Waals surface area contributed by atoms with Crippen molar-refractivity contribution in [2.75, 3.05) is 5.32 Å². The van der Waals surface area contributed by atoms with Gasteiger partial charge in [-0.2, -0.15) is 0 Å². The van der Waals surface area contributed by atoms with Gasteiger partial charge in [0.15, 0.2) is 5.13 Å². The van der Waals surface area contributed by atoms with Gasteiger partial charge in [-0.1, -0.05) is 30.3 Å². The van der Waals surface area contributed by atoms with Crippen molar-refractivity contribution in [2.24, 2.45) is 0 Å². The number of hydrogen-bond donors (Lipinski definition) is 1. The first-order chi connectivity index (χ1) is 14.7. The summed E-state index contributed by atoms with van der Waals surface area (Å²) in [6.45, 7) is 1.16. The summed E-state index contributed by atoms with van der Waals surface area (Å²) in [6, 6.07) is 17.1. The zero-order chi connectivity index (χ0) is 20.8. The lowest BCUT2D eigenvalue weighted by Crippen LogP contribution is -2.31. The lowest BCUT2D eigenvalue weighted by molar-refractivity contribution is -0.131. The van der Waals surface area contributed by atoms with E-state index in [1.54, 1.807) is 34.8 Å². The lowest BCUT2D eigenvalue weighted by Gasteiger charge is -2.21. The van der Waals surface area contributed by atoms with Gasteiger partial charge in [0.25, 0.3) is 5.91 Å². The molecule has 152 valence electrons. The first-order valence-electron chi connectivity index (χ1n) is 9.31. The molecule has 0 saturated heterocycles. The number of thiazole rings is 1. The van der Waals surface area contributed by atoms with Gasteiger partial charge in [-0.3, -0.25) is 14.9 Å². The topological polar surface area (TPSA) is 62.3 Å². The summed E-state index contributed by atoms with van der Waals surface area (Å²) in [5.41, 5.74) is 1.24. The van der Waals surface area contributed by atoms with E-state index < -0.39 is 0 Å². The molecular formula is C22H19N3O2S3. The van der Waals surface area contributed by atoms with Crippen molar-refractivity contribution in [1.29, 1.82) is 0 Å². The number of anilines is 1. The molecule has 0 unspecified atom stereocenters. The molecule has 1 N–H and O–H groups in total. The van der Waals surface area contributed by atoms with E-state index in [9.17, 15) is 9.59 Å². The number of nitrogens with zero attached hydrogens (tertiary/aromatic N) is 2. The largest absolute Gasteiger partial charge is 0.332 e. The highest BCUT2D eigenvalue weighted by molar-refractivity contribution is 7.14. The van der Waals surface area contributed by atoms with Crippen LogP contribution in [0.15, 0.2) is 70.7 Å². The fourth-order valence-electron chi connectivity index (χ4n) is 2.88. The predicted molar refractivity (Wildman–Crippen MR) is 123 cm³/mol. The average Bonchev–Trinajstić information content (AvgIpc) is 3.52. The van der Waals surface area contributed by atoms with Gasteiger partial charge in [0.1, 0.15) is 0 Å². The van der Waals surface area contributed by atoms with Crippen molar-refractivity contribution >= 4 is 51.0 Å². The van der Waals surface area contributed by atoms with E-state index in [1.807, 2.05) is 63.5 Å². The van der Waals surface area contributed by atoms with Gasteiger partial charge < -0.3 is 4.90 Å². The van der Waals surface area contributed by atoms with E-state index >= 15 is 0 Å². The molecule has 0 atom stereocenters. The number of thiophene rings is 2. The van der Waals surface area contributed by atoms with Gasteiger partial charge in [0, 0.05) is 20.7 Å². The third-order valence-corrected chi connectivity index (χ3v) is 6.88. The Bertz CT molecular complexity index is 1050. The van der Waals surface area contributed by atoms with Gasteiger partial charge in [-0.15, -0.1) is 34.0 Å². The van der Waals surface area contributed by atoms with E-state index in [0.717, 1.165) is 9.75 Å². The molecule has 1 aromatic carbocycles. The third-order valence-electron chi connectivity index (χ3n) is 4.35. The number of amides is 2. The Balaban J connectivity index is 1.41. The Kier molecular flexibility index (Phi) is 6.68. The molecule has 0 aliphatic rings. The van der Waals surface area contributed by atoms with E-state index in [1.165, 1.54) is 11.3 Å². The maximum atomic E-state index is 13.0. The number of carbonyl (C=O) groups is 2. The first-order valence-corrected chi connectivity index (χ1v) is 11.9. The molecule has 30 heavy (non-hydrogen) atoms. The fourth-order valence-corrected chi connectivity index (χ4v) is 5.03. The Hall–Kier alpha value is -2.81. The van der Waals surface area contributed by atoms with Gasteiger partial charge >= 0.3 is 0 Å². The monoisotopic (exact) mass is 453 g/mol. The summed E-state index contributed by atoms with van der Waals surface area (Å²) in [6.07, 6.45) is 0.203. The van der Waals surface area contributed by atoms with Gasteiger partial charge in [0.2, 0.25) is 5.91 Å². The van der Waals surface area contributed by atoms with Crippen molar-refractivity contribution < 1.29 is 9.59 Å². The lowest BCUT2D eigenvalue weighted by atomic mass is 10.2. The molecule has 0 spiro atoms. The zero-order valence-corrected chi connectivity index (χ0v) is 18.4. The second-order valence-corrected chi connectivity index (χ2v) is 9.47. The van der Waals surface area contributed by atoms with Crippen LogP contribution in [-0.2, 0) is 24.3 Å². The quantitative estimate of drug-likeness (QED) is 0.394. The highest BCUT2D eigenvalue weighted by atomic mass is 32.1. The maximum absolute atomic E-state index is 13.0. The Morgan fingerprint density at radius 2 is 1.53 bits per heavy atom. The molecule has 2 amide bonds. The molecule has 4 aromatic rings. The van der Waals surface area contributed by atoms with Crippen LogP contribution in [0.5, 0.6) is 0 Å². The molecule has 0 bridgehead atoms.